The zero-order valence-corrected chi connectivity index (χ0v) is 10.7. The predicted molar refractivity (Wildman–Crippen MR) is 71.3 cm³/mol. The lowest BCUT2D eigenvalue weighted by Crippen LogP contribution is -2.13. The first-order valence-corrected chi connectivity index (χ1v) is 5.65. The molecule has 5 heteroatoms. The molecule has 1 aromatic heterocycles. The van der Waals surface area contributed by atoms with Crippen LogP contribution in [-0.2, 0) is 0 Å². The largest absolute Gasteiger partial charge is 0.493 e. The summed E-state index contributed by atoms with van der Waals surface area (Å²) in [7, 11) is 3.14. The van der Waals surface area contributed by atoms with Crippen LogP contribution in [0.1, 0.15) is 10.5 Å². The topological polar surface area (TPSA) is 74.4 Å². The van der Waals surface area contributed by atoms with Crippen LogP contribution < -0.4 is 15.2 Å². The number of hydrogen-bond acceptors (Lipinski definition) is 4. The standard InChI is InChI=1S/C14H14N2O3/c1-18-12-7-6-9(8-13(12)19-2)10-4-3-5-11(16-10)14(15)17/h3-8H,1-2H3,(H2,15,17). The quantitative estimate of drug-likeness (QED) is 0.908. The molecule has 2 N–H and O–H groups in total. The first kappa shape index (κ1) is 12.9. The van der Waals surface area contributed by atoms with Gasteiger partial charge in [-0.1, -0.05) is 6.07 Å². The Hall–Kier alpha value is -2.56. The molecule has 0 radical (unpaired) electrons. The Balaban J connectivity index is 2.47. The highest BCUT2D eigenvalue weighted by atomic mass is 16.5. The third kappa shape index (κ3) is 2.65. The van der Waals surface area contributed by atoms with Crippen molar-refractivity contribution in [3.8, 4) is 22.8 Å². The van der Waals surface area contributed by atoms with E-state index < -0.39 is 5.91 Å². The normalized spacial score (nSPS) is 10.0. The van der Waals surface area contributed by atoms with Crippen molar-refractivity contribution in [2.75, 3.05) is 14.2 Å². The fourth-order valence-corrected chi connectivity index (χ4v) is 1.73. The zero-order valence-electron chi connectivity index (χ0n) is 10.7. The molecular formula is C14H14N2O3. The van der Waals surface area contributed by atoms with Crippen LogP contribution in [0.4, 0.5) is 0 Å². The molecule has 0 saturated carbocycles. The van der Waals surface area contributed by atoms with Gasteiger partial charge in [0.25, 0.3) is 5.91 Å². The lowest BCUT2D eigenvalue weighted by atomic mass is 10.1. The van der Waals surface area contributed by atoms with Gasteiger partial charge in [0.05, 0.1) is 19.9 Å². The number of amides is 1. The van der Waals surface area contributed by atoms with E-state index in [9.17, 15) is 4.79 Å². The summed E-state index contributed by atoms with van der Waals surface area (Å²) < 4.78 is 10.4. The van der Waals surface area contributed by atoms with Gasteiger partial charge in [-0.15, -0.1) is 0 Å². The maximum atomic E-state index is 11.1. The second kappa shape index (κ2) is 5.39. The van der Waals surface area contributed by atoms with Crippen molar-refractivity contribution in [3.63, 3.8) is 0 Å². The van der Waals surface area contributed by atoms with E-state index in [-0.39, 0.29) is 5.69 Å². The monoisotopic (exact) mass is 258 g/mol. The first-order valence-electron chi connectivity index (χ1n) is 5.65. The lowest BCUT2D eigenvalue weighted by molar-refractivity contribution is 0.0995. The number of carbonyl (C=O) groups is 1. The van der Waals surface area contributed by atoms with Crippen LogP contribution in [0.2, 0.25) is 0 Å². The summed E-state index contributed by atoms with van der Waals surface area (Å²) in [6.07, 6.45) is 0. The summed E-state index contributed by atoms with van der Waals surface area (Å²) in [5.41, 5.74) is 6.92. The molecular weight excluding hydrogens is 244 g/mol. The third-order valence-electron chi connectivity index (χ3n) is 2.68. The maximum absolute atomic E-state index is 11.1. The van der Waals surface area contributed by atoms with E-state index in [1.807, 2.05) is 6.07 Å². The van der Waals surface area contributed by atoms with E-state index in [0.717, 1.165) is 5.56 Å². The van der Waals surface area contributed by atoms with E-state index in [0.29, 0.717) is 17.2 Å². The van der Waals surface area contributed by atoms with Gasteiger partial charge in [0, 0.05) is 5.56 Å². The number of ether oxygens (including phenoxy) is 2. The van der Waals surface area contributed by atoms with Gasteiger partial charge in [0.2, 0.25) is 0 Å². The van der Waals surface area contributed by atoms with Gasteiger partial charge in [-0.25, -0.2) is 4.98 Å². The highest BCUT2D eigenvalue weighted by molar-refractivity contribution is 5.91. The van der Waals surface area contributed by atoms with E-state index in [1.165, 1.54) is 0 Å². The van der Waals surface area contributed by atoms with Crippen molar-refractivity contribution < 1.29 is 14.3 Å². The highest BCUT2D eigenvalue weighted by Crippen LogP contribution is 2.31. The van der Waals surface area contributed by atoms with Crippen molar-refractivity contribution in [3.05, 3.63) is 42.1 Å². The van der Waals surface area contributed by atoms with Crippen molar-refractivity contribution >= 4 is 5.91 Å². The SMILES string of the molecule is COc1ccc(-c2cccc(C(N)=O)n2)cc1OC. The van der Waals surface area contributed by atoms with Gasteiger partial charge >= 0.3 is 0 Å². The predicted octanol–water partition coefficient (Wildman–Crippen LogP) is 1.86. The minimum atomic E-state index is -0.553. The van der Waals surface area contributed by atoms with Crippen molar-refractivity contribution in [1.29, 1.82) is 0 Å². The van der Waals surface area contributed by atoms with Crippen LogP contribution in [0.3, 0.4) is 0 Å². The Morgan fingerprint density at radius 2 is 1.84 bits per heavy atom. The van der Waals surface area contributed by atoms with E-state index in [4.69, 9.17) is 15.2 Å². The molecule has 0 aliphatic rings. The summed E-state index contributed by atoms with van der Waals surface area (Å²) >= 11 is 0. The number of aromatic nitrogens is 1. The van der Waals surface area contributed by atoms with Crippen molar-refractivity contribution in [1.82, 2.24) is 4.98 Å². The molecule has 98 valence electrons. The Bertz CT molecular complexity index is 611. The molecule has 0 bridgehead atoms. The van der Waals surface area contributed by atoms with Crippen molar-refractivity contribution in [2.24, 2.45) is 5.73 Å². The van der Waals surface area contributed by atoms with Crippen LogP contribution in [0.15, 0.2) is 36.4 Å². The molecule has 0 unspecified atom stereocenters. The summed E-state index contributed by atoms with van der Waals surface area (Å²) in [5.74, 6) is 0.686. The number of rotatable bonds is 4. The molecule has 0 aliphatic heterocycles. The van der Waals surface area contributed by atoms with Gasteiger partial charge in [-0.2, -0.15) is 0 Å². The Kier molecular flexibility index (Phi) is 3.66. The molecule has 0 fully saturated rings. The smallest absolute Gasteiger partial charge is 0.267 e. The molecule has 19 heavy (non-hydrogen) atoms. The number of nitrogens with zero attached hydrogens (tertiary/aromatic N) is 1. The summed E-state index contributed by atoms with van der Waals surface area (Å²) in [4.78, 5) is 15.3. The highest BCUT2D eigenvalue weighted by Gasteiger charge is 2.09. The van der Waals surface area contributed by atoms with Gasteiger partial charge in [-0.05, 0) is 30.3 Å². The molecule has 0 saturated heterocycles. The fourth-order valence-electron chi connectivity index (χ4n) is 1.73. The van der Waals surface area contributed by atoms with Crippen LogP contribution in [0, 0.1) is 0 Å². The van der Waals surface area contributed by atoms with Crippen LogP contribution >= 0.6 is 0 Å². The number of hydrogen-bond donors (Lipinski definition) is 1. The molecule has 2 aromatic rings. The summed E-state index contributed by atoms with van der Waals surface area (Å²) in [6, 6.07) is 10.5. The van der Waals surface area contributed by atoms with Crippen LogP contribution in [0.5, 0.6) is 11.5 Å². The Morgan fingerprint density at radius 3 is 2.47 bits per heavy atom. The number of nitrogens with two attached hydrogens (primary N) is 1. The first-order chi connectivity index (χ1) is 9.15. The molecule has 0 spiro atoms. The number of pyridine rings is 1. The van der Waals surface area contributed by atoms with Crippen LogP contribution in [-0.4, -0.2) is 25.1 Å². The molecule has 1 amide bonds. The second-order valence-electron chi connectivity index (χ2n) is 3.84. The molecule has 5 nitrogen and oxygen atoms in total. The minimum Gasteiger partial charge on any atom is -0.493 e. The number of methoxy groups -OCH3 is 2. The molecule has 0 aliphatic carbocycles. The summed E-state index contributed by atoms with van der Waals surface area (Å²) in [5, 5.41) is 0. The van der Waals surface area contributed by atoms with Gasteiger partial charge in [0.1, 0.15) is 5.69 Å². The average molecular weight is 258 g/mol. The number of carbonyl (C=O) groups excluding carboxylic acids is 1. The third-order valence-corrected chi connectivity index (χ3v) is 2.68. The number of benzene rings is 1. The van der Waals surface area contributed by atoms with E-state index in [1.54, 1.807) is 44.6 Å². The van der Waals surface area contributed by atoms with Crippen LogP contribution in [0.25, 0.3) is 11.3 Å². The van der Waals surface area contributed by atoms with Gasteiger partial charge in [-0.3, -0.25) is 4.79 Å². The molecule has 2 rings (SSSR count). The van der Waals surface area contributed by atoms with Gasteiger partial charge < -0.3 is 15.2 Å². The average Bonchev–Trinajstić information content (AvgIpc) is 2.46. The second-order valence-corrected chi connectivity index (χ2v) is 3.84. The Labute approximate surface area is 111 Å². The Morgan fingerprint density at radius 1 is 1.11 bits per heavy atom. The lowest BCUT2D eigenvalue weighted by Gasteiger charge is -2.09. The minimum absolute atomic E-state index is 0.229. The van der Waals surface area contributed by atoms with Crippen molar-refractivity contribution in [2.45, 2.75) is 0 Å². The van der Waals surface area contributed by atoms with E-state index >= 15 is 0 Å². The molecule has 1 heterocycles. The molecule has 0 atom stereocenters. The fraction of sp³-hybridized carbons (Fsp3) is 0.143. The summed E-state index contributed by atoms with van der Waals surface area (Å²) in [6.45, 7) is 0. The van der Waals surface area contributed by atoms with E-state index in [2.05, 4.69) is 4.98 Å². The zero-order chi connectivity index (χ0) is 13.8. The maximum Gasteiger partial charge on any atom is 0.267 e. The van der Waals surface area contributed by atoms with Gasteiger partial charge in [0.15, 0.2) is 11.5 Å². The molecule has 1 aromatic carbocycles. The number of primary amides is 1.